The van der Waals surface area contributed by atoms with Gasteiger partial charge in [0.1, 0.15) is 5.78 Å². The molecule has 216 valence electrons. The lowest BCUT2D eigenvalue weighted by molar-refractivity contribution is -0.147. The molecule has 0 saturated carbocycles. The summed E-state index contributed by atoms with van der Waals surface area (Å²) < 4.78 is 0. The van der Waals surface area contributed by atoms with Crippen molar-refractivity contribution in [2.45, 2.75) is 107 Å². The first-order valence-corrected chi connectivity index (χ1v) is 14.8. The van der Waals surface area contributed by atoms with Gasteiger partial charge in [-0.25, -0.2) is 0 Å². The van der Waals surface area contributed by atoms with Crippen LogP contribution in [0.15, 0.2) is 54.6 Å². The highest BCUT2D eigenvalue weighted by Gasteiger charge is 2.52. The van der Waals surface area contributed by atoms with Crippen molar-refractivity contribution in [2.75, 3.05) is 11.1 Å². The zero-order chi connectivity index (χ0) is 29.6. The van der Waals surface area contributed by atoms with Gasteiger partial charge in [0.2, 0.25) is 5.91 Å². The average molecular weight is 535 g/mol. The summed E-state index contributed by atoms with van der Waals surface area (Å²) in [6.07, 6.45) is 3.72. The molecule has 0 fully saturated rings. The molecule has 2 rings (SSSR count). The number of anilines is 2. The van der Waals surface area contributed by atoms with Gasteiger partial charge in [-0.2, -0.15) is 0 Å². The monoisotopic (exact) mass is 534 g/mol. The molecule has 4 nitrogen and oxygen atoms in total. The van der Waals surface area contributed by atoms with E-state index in [4.69, 9.17) is 5.73 Å². The molecule has 4 unspecified atom stereocenters. The van der Waals surface area contributed by atoms with Gasteiger partial charge in [-0.1, -0.05) is 106 Å². The van der Waals surface area contributed by atoms with E-state index in [1.807, 2.05) is 19.1 Å². The van der Waals surface area contributed by atoms with Crippen LogP contribution in [0.25, 0.3) is 0 Å². The third-order valence-electron chi connectivity index (χ3n) is 9.37. The summed E-state index contributed by atoms with van der Waals surface area (Å²) in [7, 11) is 0. The fourth-order valence-corrected chi connectivity index (χ4v) is 5.90. The van der Waals surface area contributed by atoms with E-state index >= 15 is 0 Å². The molecule has 0 aliphatic rings. The van der Waals surface area contributed by atoms with E-state index < -0.39 is 16.7 Å². The summed E-state index contributed by atoms with van der Waals surface area (Å²) in [5.74, 6) is -0.134. The van der Waals surface area contributed by atoms with Crippen molar-refractivity contribution in [3.8, 4) is 0 Å². The number of ketones is 1. The molecule has 4 heteroatoms. The minimum Gasteiger partial charge on any atom is -0.399 e. The number of benzene rings is 2. The Bertz CT molecular complexity index is 1080. The van der Waals surface area contributed by atoms with Crippen molar-refractivity contribution in [3.63, 3.8) is 0 Å². The normalized spacial score (nSPS) is 17.0. The van der Waals surface area contributed by atoms with E-state index in [1.54, 1.807) is 12.1 Å². The molecule has 1 amide bonds. The van der Waals surface area contributed by atoms with Gasteiger partial charge < -0.3 is 11.1 Å². The SMILES string of the molecule is CCC(C)(CC(c1ccccc1)C(C)(C)CC)C(=O)C(C)(CC)C(CC(C)(C)C)C(=O)Nc1ccc(N)cc1. The number of amides is 1. The highest BCUT2D eigenvalue weighted by Crippen LogP contribution is 2.51. The third-order valence-corrected chi connectivity index (χ3v) is 9.37. The predicted octanol–water partition coefficient (Wildman–Crippen LogP) is 9.27. The standard InChI is InChI=1S/C35H54N2O2/c1-11-33(7,8)28(25-17-15-14-16-18-25)24-34(9,12-2)31(39)35(10,13-3)29(23-32(4,5)6)30(38)37-27-21-19-26(36)20-22-27/h14-22,28-29H,11-13,23-24,36H2,1-10H3,(H,37,38). The zero-order valence-corrected chi connectivity index (χ0v) is 26.3. The number of rotatable bonds is 13. The van der Waals surface area contributed by atoms with E-state index in [1.165, 1.54) is 5.56 Å². The first-order chi connectivity index (χ1) is 18.0. The Morgan fingerprint density at radius 3 is 1.79 bits per heavy atom. The second-order valence-electron chi connectivity index (χ2n) is 14.0. The molecule has 4 atom stereocenters. The molecule has 0 spiro atoms. The summed E-state index contributed by atoms with van der Waals surface area (Å²) in [6, 6.07) is 17.8. The van der Waals surface area contributed by atoms with Gasteiger partial charge in [-0.3, -0.25) is 9.59 Å². The lowest BCUT2D eigenvalue weighted by atomic mass is 9.56. The van der Waals surface area contributed by atoms with E-state index in [0.717, 1.165) is 19.3 Å². The predicted molar refractivity (Wildman–Crippen MR) is 167 cm³/mol. The Labute approximate surface area is 238 Å². The topological polar surface area (TPSA) is 72.2 Å². The van der Waals surface area contributed by atoms with Crippen molar-refractivity contribution in [3.05, 3.63) is 60.2 Å². The zero-order valence-electron chi connectivity index (χ0n) is 26.3. The summed E-state index contributed by atoms with van der Waals surface area (Å²) >= 11 is 0. The van der Waals surface area contributed by atoms with Crippen LogP contribution < -0.4 is 11.1 Å². The lowest BCUT2D eigenvalue weighted by Gasteiger charge is -2.46. The van der Waals surface area contributed by atoms with Crippen molar-refractivity contribution >= 4 is 23.1 Å². The highest BCUT2D eigenvalue weighted by atomic mass is 16.2. The molecule has 0 aromatic heterocycles. The van der Waals surface area contributed by atoms with Crippen molar-refractivity contribution in [1.82, 2.24) is 0 Å². The number of carbonyl (C=O) groups is 2. The molecule has 0 aliphatic heterocycles. The Hall–Kier alpha value is -2.62. The van der Waals surface area contributed by atoms with Crippen molar-refractivity contribution < 1.29 is 9.59 Å². The summed E-state index contributed by atoms with van der Waals surface area (Å²) in [4.78, 5) is 28.8. The first-order valence-electron chi connectivity index (χ1n) is 14.8. The Morgan fingerprint density at radius 2 is 1.33 bits per heavy atom. The third kappa shape index (κ3) is 7.96. The second-order valence-corrected chi connectivity index (χ2v) is 14.0. The molecular weight excluding hydrogens is 480 g/mol. The number of hydrogen-bond donors (Lipinski definition) is 2. The van der Waals surface area contributed by atoms with Crippen LogP contribution in [0.2, 0.25) is 0 Å². The quantitative estimate of drug-likeness (QED) is 0.251. The number of nitrogen functional groups attached to an aromatic ring is 1. The average Bonchev–Trinajstić information content (AvgIpc) is 2.90. The molecule has 2 aromatic carbocycles. The Morgan fingerprint density at radius 1 is 0.769 bits per heavy atom. The second kappa shape index (κ2) is 12.7. The maximum atomic E-state index is 14.9. The van der Waals surface area contributed by atoms with Crippen LogP contribution in [0.3, 0.4) is 0 Å². The van der Waals surface area contributed by atoms with Crippen LogP contribution >= 0.6 is 0 Å². The number of nitrogens with one attached hydrogen (secondary N) is 1. The molecule has 0 radical (unpaired) electrons. The molecule has 0 saturated heterocycles. The van der Waals surface area contributed by atoms with E-state index in [0.29, 0.717) is 24.2 Å². The van der Waals surface area contributed by atoms with Gasteiger partial charge in [0.05, 0.1) is 5.92 Å². The molecule has 2 aromatic rings. The smallest absolute Gasteiger partial charge is 0.228 e. The fourth-order valence-electron chi connectivity index (χ4n) is 5.90. The van der Waals surface area contributed by atoms with Gasteiger partial charge >= 0.3 is 0 Å². The number of hydrogen-bond acceptors (Lipinski definition) is 3. The van der Waals surface area contributed by atoms with E-state index in [2.05, 4.69) is 98.0 Å². The number of carbonyl (C=O) groups excluding carboxylic acids is 2. The molecule has 39 heavy (non-hydrogen) atoms. The van der Waals surface area contributed by atoms with Crippen molar-refractivity contribution in [1.29, 1.82) is 0 Å². The van der Waals surface area contributed by atoms with Crippen LogP contribution in [0.1, 0.15) is 113 Å². The number of Topliss-reactive ketones (excluding diaryl/α,β-unsaturated/α-hetero) is 1. The fraction of sp³-hybridized carbons (Fsp3) is 0.600. The van der Waals surface area contributed by atoms with E-state index in [-0.39, 0.29) is 28.4 Å². The van der Waals surface area contributed by atoms with Gasteiger partial charge in [-0.05, 0) is 72.3 Å². The Balaban J connectivity index is 2.54. The number of nitrogens with two attached hydrogens (primary N) is 1. The molecule has 0 bridgehead atoms. The molecule has 0 heterocycles. The van der Waals surface area contributed by atoms with Gasteiger partial charge in [0.15, 0.2) is 0 Å². The van der Waals surface area contributed by atoms with Gasteiger partial charge in [0, 0.05) is 22.2 Å². The Kier molecular flexibility index (Phi) is 10.6. The lowest BCUT2D eigenvalue weighted by Crippen LogP contribution is -2.50. The van der Waals surface area contributed by atoms with Crippen LogP contribution in [0.4, 0.5) is 11.4 Å². The molecular formula is C35H54N2O2. The summed E-state index contributed by atoms with van der Waals surface area (Å²) in [5.41, 5.74) is 7.00. The van der Waals surface area contributed by atoms with Crippen LogP contribution in [-0.4, -0.2) is 11.7 Å². The van der Waals surface area contributed by atoms with E-state index in [9.17, 15) is 9.59 Å². The summed E-state index contributed by atoms with van der Waals surface area (Å²) in [5, 5.41) is 3.11. The van der Waals surface area contributed by atoms with Crippen LogP contribution in [0.5, 0.6) is 0 Å². The van der Waals surface area contributed by atoms with Gasteiger partial charge in [-0.15, -0.1) is 0 Å². The molecule has 0 aliphatic carbocycles. The van der Waals surface area contributed by atoms with Crippen LogP contribution in [-0.2, 0) is 9.59 Å². The maximum absolute atomic E-state index is 14.9. The minimum atomic E-state index is -0.812. The highest BCUT2D eigenvalue weighted by molar-refractivity contribution is 5.99. The molecule has 3 N–H and O–H groups in total. The van der Waals surface area contributed by atoms with Gasteiger partial charge in [0.25, 0.3) is 0 Å². The first kappa shape index (κ1) is 32.6. The minimum absolute atomic E-state index is 0.0258. The largest absolute Gasteiger partial charge is 0.399 e. The van der Waals surface area contributed by atoms with Crippen LogP contribution in [0, 0.1) is 27.6 Å². The summed E-state index contributed by atoms with van der Waals surface area (Å²) in [6.45, 7) is 21.6. The van der Waals surface area contributed by atoms with Crippen molar-refractivity contribution in [2.24, 2.45) is 27.6 Å². The maximum Gasteiger partial charge on any atom is 0.228 e.